The van der Waals surface area contributed by atoms with E-state index in [0.29, 0.717) is 41.8 Å². The maximum Gasteiger partial charge on any atom is 0.254 e. The van der Waals surface area contributed by atoms with Crippen LogP contribution in [0.15, 0.2) is 24.4 Å². The second kappa shape index (κ2) is 6.03. The number of phenolic OH excluding ortho intramolecular Hbond substituents is 1. The first-order valence-corrected chi connectivity index (χ1v) is 7.96. The highest BCUT2D eigenvalue weighted by Gasteiger charge is 2.18. The van der Waals surface area contributed by atoms with Crippen LogP contribution in [0.2, 0.25) is 0 Å². The molecule has 0 bridgehead atoms. The maximum absolute atomic E-state index is 10.3. The molecule has 3 heterocycles. The van der Waals surface area contributed by atoms with Gasteiger partial charge in [0.1, 0.15) is 5.75 Å². The SMILES string of the molecule is Cc1cc(C#N)cc(O)c1-c1ccn2nc(N3CCOCC3)nc2n1. The van der Waals surface area contributed by atoms with Gasteiger partial charge in [0.25, 0.3) is 5.78 Å². The minimum Gasteiger partial charge on any atom is -0.507 e. The summed E-state index contributed by atoms with van der Waals surface area (Å²) in [5, 5.41) is 23.7. The number of aryl methyl sites for hydroxylation is 1. The summed E-state index contributed by atoms with van der Waals surface area (Å²) >= 11 is 0. The van der Waals surface area contributed by atoms with Crippen LogP contribution < -0.4 is 4.90 Å². The van der Waals surface area contributed by atoms with E-state index in [9.17, 15) is 5.11 Å². The highest BCUT2D eigenvalue weighted by molar-refractivity contribution is 5.72. The topological polar surface area (TPSA) is 99.6 Å². The monoisotopic (exact) mass is 336 g/mol. The smallest absolute Gasteiger partial charge is 0.254 e. The van der Waals surface area contributed by atoms with Gasteiger partial charge in [-0.1, -0.05) is 0 Å². The average molecular weight is 336 g/mol. The average Bonchev–Trinajstić information content (AvgIpc) is 3.05. The minimum atomic E-state index is 0.0290. The van der Waals surface area contributed by atoms with Gasteiger partial charge in [-0.15, -0.1) is 5.10 Å². The molecule has 1 saturated heterocycles. The van der Waals surface area contributed by atoms with Crippen LogP contribution in [0.1, 0.15) is 11.1 Å². The number of phenols is 1. The van der Waals surface area contributed by atoms with Crippen LogP contribution in [0.3, 0.4) is 0 Å². The molecule has 0 saturated carbocycles. The highest BCUT2D eigenvalue weighted by Crippen LogP contribution is 2.32. The van der Waals surface area contributed by atoms with Gasteiger partial charge < -0.3 is 14.7 Å². The van der Waals surface area contributed by atoms with Crippen LogP contribution in [0, 0.1) is 18.3 Å². The molecule has 1 aliphatic heterocycles. The van der Waals surface area contributed by atoms with Gasteiger partial charge in [0.15, 0.2) is 0 Å². The molecule has 2 aromatic heterocycles. The van der Waals surface area contributed by atoms with Crippen LogP contribution in [0.25, 0.3) is 17.0 Å². The summed E-state index contributed by atoms with van der Waals surface area (Å²) in [7, 11) is 0. The van der Waals surface area contributed by atoms with Crippen molar-refractivity contribution >= 4 is 11.7 Å². The molecule has 25 heavy (non-hydrogen) atoms. The van der Waals surface area contributed by atoms with Gasteiger partial charge in [-0.25, -0.2) is 9.50 Å². The third-order valence-corrected chi connectivity index (χ3v) is 4.19. The van der Waals surface area contributed by atoms with Gasteiger partial charge in [-0.2, -0.15) is 10.2 Å². The van der Waals surface area contributed by atoms with E-state index in [0.717, 1.165) is 18.7 Å². The number of hydrogen-bond donors (Lipinski definition) is 1. The summed E-state index contributed by atoms with van der Waals surface area (Å²) in [6, 6.07) is 6.98. The van der Waals surface area contributed by atoms with Crippen molar-refractivity contribution < 1.29 is 9.84 Å². The molecule has 1 aromatic carbocycles. The Morgan fingerprint density at radius 2 is 2.04 bits per heavy atom. The van der Waals surface area contributed by atoms with Crippen LogP contribution in [0.4, 0.5) is 5.95 Å². The van der Waals surface area contributed by atoms with Crippen LogP contribution in [-0.4, -0.2) is 51.0 Å². The summed E-state index contributed by atoms with van der Waals surface area (Å²) in [6.07, 6.45) is 1.77. The van der Waals surface area contributed by atoms with Gasteiger partial charge in [-0.05, 0) is 30.7 Å². The molecule has 0 atom stereocenters. The van der Waals surface area contributed by atoms with Gasteiger partial charge in [0.2, 0.25) is 5.95 Å². The Morgan fingerprint density at radius 1 is 1.24 bits per heavy atom. The molecule has 0 amide bonds. The quantitative estimate of drug-likeness (QED) is 0.757. The van der Waals surface area contributed by atoms with E-state index in [-0.39, 0.29) is 5.75 Å². The summed E-state index contributed by atoms with van der Waals surface area (Å²) in [5.74, 6) is 1.11. The second-order valence-electron chi connectivity index (χ2n) is 5.87. The number of rotatable bonds is 2. The van der Waals surface area contributed by atoms with Crippen molar-refractivity contribution in [1.29, 1.82) is 5.26 Å². The van der Waals surface area contributed by atoms with Crippen molar-refractivity contribution in [3.8, 4) is 23.1 Å². The first-order valence-electron chi connectivity index (χ1n) is 7.96. The Balaban J connectivity index is 1.76. The fourth-order valence-electron chi connectivity index (χ4n) is 2.97. The Labute approximate surface area is 143 Å². The van der Waals surface area contributed by atoms with Crippen molar-refractivity contribution in [2.45, 2.75) is 6.92 Å². The van der Waals surface area contributed by atoms with Crippen molar-refractivity contribution in [3.05, 3.63) is 35.5 Å². The van der Waals surface area contributed by atoms with E-state index in [2.05, 4.69) is 20.0 Å². The molecule has 0 spiro atoms. The lowest BCUT2D eigenvalue weighted by Gasteiger charge is -2.25. The number of aromatic nitrogens is 4. The predicted octanol–water partition coefficient (Wildman–Crippen LogP) is 1.51. The first kappa shape index (κ1) is 15.4. The summed E-state index contributed by atoms with van der Waals surface area (Å²) in [4.78, 5) is 11.1. The predicted molar refractivity (Wildman–Crippen MR) is 90.4 cm³/mol. The number of anilines is 1. The van der Waals surface area contributed by atoms with Crippen LogP contribution >= 0.6 is 0 Å². The Bertz CT molecular complexity index is 961. The van der Waals surface area contributed by atoms with E-state index in [1.54, 1.807) is 22.8 Å². The zero-order valence-electron chi connectivity index (χ0n) is 13.7. The number of nitriles is 1. The molecule has 0 unspecified atom stereocenters. The first-order chi connectivity index (χ1) is 12.2. The van der Waals surface area contributed by atoms with Crippen LogP contribution in [0.5, 0.6) is 5.75 Å². The van der Waals surface area contributed by atoms with Crippen molar-refractivity contribution in [3.63, 3.8) is 0 Å². The van der Waals surface area contributed by atoms with Gasteiger partial charge in [-0.3, -0.25) is 0 Å². The minimum absolute atomic E-state index is 0.0290. The molecule has 0 radical (unpaired) electrons. The van der Waals surface area contributed by atoms with Crippen molar-refractivity contribution in [2.75, 3.05) is 31.2 Å². The number of nitrogens with zero attached hydrogens (tertiary/aromatic N) is 6. The Morgan fingerprint density at radius 3 is 2.76 bits per heavy atom. The summed E-state index contributed by atoms with van der Waals surface area (Å²) in [6.45, 7) is 4.66. The lowest BCUT2D eigenvalue weighted by Crippen LogP contribution is -2.36. The van der Waals surface area contributed by atoms with E-state index < -0.39 is 0 Å². The zero-order valence-corrected chi connectivity index (χ0v) is 13.7. The standard InChI is InChI=1S/C17H16N6O2/c1-11-8-12(10-18)9-14(24)15(11)13-2-3-23-16(19-13)20-17(21-23)22-4-6-25-7-5-22/h2-3,8-9,24H,4-7H2,1H3. The second-order valence-corrected chi connectivity index (χ2v) is 5.87. The van der Waals surface area contributed by atoms with Crippen molar-refractivity contribution in [2.24, 2.45) is 0 Å². The number of morpholine rings is 1. The molecule has 1 N–H and O–H groups in total. The molecular weight excluding hydrogens is 320 g/mol. The molecule has 0 aliphatic carbocycles. The molecular formula is C17H16N6O2. The number of aromatic hydroxyl groups is 1. The number of benzene rings is 1. The number of ether oxygens (including phenoxy) is 1. The highest BCUT2D eigenvalue weighted by atomic mass is 16.5. The normalized spacial score (nSPS) is 14.6. The molecule has 126 valence electrons. The van der Waals surface area contributed by atoms with Gasteiger partial charge in [0, 0.05) is 24.8 Å². The van der Waals surface area contributed by atoms with Crippen LogP contribution in [-0.2, 0) is 4.74 Å². The lowest BCUT2D eigenvalue weighted by molar-refractivity contribution is 0.122. The molecule has 8 heteroatoms. The Kier molecular flexibility index (Phi) is 3.71. The largest absolute Gasteiger partial charge is 0.507 e. The molecule has 8 nitrogen and oxygen atoms in total. The van der Waals surface area contributed by atoms with E-state index in [1.165, 1.54) is 6.07 Å². The third-order valence-electron chi connectivity index (χ3n) is 4.19. The number of fused-ring (bicyclic) bond motifs is 1. The fraction of sp³-hybridized carbons (Fsp3) is 0.294. The molecule has 3 aromatic rings. The third kappa shape index (κ3) is 2.75. The van der Waals surface area contributed by atoms with E-state index >= 15 is 0 Å². The van der Waals surface area contributed by atoms with E-state index in [4.69, 9.17) is 10.00 Å². The molecule has 4 rings (SSSR count). The molecule has 1 aliphatic rings. The van der Waals surface area contributed by atoms with Crippen molar-refractivity contribution in [1.82, 2.24) is 19.6 Å². The fourth-order valence-corrected chi connectivity index (χ4v) is 2.97. The van der Waals surface area contributed by atoms with E-state index in [1.807, 2.05) is 13.0 Å². The lowest BCUT2D eigenvalue weighted by atomic mass is 10.0. The van der Waals surface area contributed by atoms with Gasteiger partial charge in [0.05, 0.1) is 30.5 Å². The zero-order chi connectivity index (χ0) is 17.4. The Hall–Kier alpha value is -3.18. The summed E-state index contributed by atoms with van der Waals surface area (Å²) < 4.78 is 6.96. The van der Waals surface area contributed by atoms with Gasteiger partial charge >= 0.3 is 0 Å². The number of hydrogen-bond acceptors (Lipinski definition) is 7. The maximum atomic E-state index is 10.3. The molecule has 1 fully saturated rings. The summed E-state index contributed by atoms with van der Waals surface area (Å²) in [5.41, 5.74) is 2.38.